The molecule has 2 N–H and O–H groups in total. The maximum Gasteiger partial charge on any atom is 0.328 e. The van der Waals surface area contributed by atoms with E-state index in [0.717, 1.165) is 10.2 Å². The molecule has 0 saturated carbocycles. The van der Waals surface area contributed by atoms with Gasteiger partial charge in [0, 0.05) is 7.05 Å². The van der Waals surface area contributed by atoms with Gasteiger partial charge in [-0.2, -0.15) is 4.98 Å². The Balaban J connectivity index is 2.40. The van der Waals surface area contributed by atoms with Crippen LogP contribution in [0, 0.1) is 5.92 Å². The van der Waals surface area contributed by atoms with Gasteiger partial charge in [0.05, 0.1) is 12.5 Å². The van der Waals surface area contributed by atoms with E-state index in [9.17, 15) is 4.79 Å². The average molecular weight is 294 g/mol. The molecule has 1 unspecified atom stereocenters. The first-order valence-electron chi connectivity index (χ1n) is 6.34. The van der Waals surface area contributed by atoms with E-state index in [4.69, 9.17) is 4.74 Å². The van der Waals surface area contributed by atoms with Gasteiger partial charge in [0.2, 0.25) is 5.95 Å². The number of esters is 1. The van der Waals surface area contributed by atoms with Gasteiger partial charge < -0.3 is 15.4 Å². The molecule has 2 aromatic rings. The van der Waals surface area contributed by atoms with Crippen molar-refractivity contribution in [2.24, 2.45) is 5.92 Å². The second-order valence-corrected chi connectivity index (χ2v) is 5.57. The lowest BCUT2D eigenvalue weighted by molar-refractivity contribution is -0.142. The second-order valence-electron chi connectivity index (χ2n) is 4.67. The summed E-state index contributed by atoms with van der Waals surface area (Å²) in [6, 6.07) is 1.50. The largest absolute Gasteiger partial charge is 0.467 e. The highest BCUT2D eigenvalue weighted by molar-refractivity contribution is 7.16. The fourth-order valence-corrected chi connectivity index (χ4v) is 2.61. The van der Waals surface area contributed by atoms with Crippen molar-refractivity contribution >= 4 is 39.3 Å². The van der Waals surface area contributed by atoms with Crippen LogP contribution in [0.25, 0.3) is 10.2 Å². The molecule has 2 rings (SSSR count). The predicted molar refractivity (Wildman–Crippen MR) is 81.2 cm³/mol. The highest BCUT2D eigenvalue weighted by Gasteiger charge is 2.24. The zero-order valence-corrected chi connectivity index (χ0v) is 12.7. The van der Waals surface area contributed by atoms with Crippen LogP contribution < -0.4 is 10.6 Å². The summed E-state index contributed by atoms with van der Waals surface area (Å²) in [7, 11) is 3.15. The third-order valence-corrected chi connectivity index (χ3v) is 3.77. The summed E-state index contributed by atoms with van der Waals surface area (Å²) in [5, 5.41) is 8.95. The minimum absolute atomic E-state index is 0.0872. The average Bonchev–Trinajstić information content (AvgIpc) is 2.91. The summed E-state index contributed by atoms with van der Waals surface area (Å²) in [6.07, 6.45) is 0. The number of rotatable bonds is 5. The molecule has 0 saturated heterocycles. The Kier molecular flexibility index (Phi) is 4.39. The molecule has 6 nitrogen and oxygen atoms in total. The van der Waals surface area contributed by atoms with Gasteiger partial charge in [0.1, 0.15) is 16.7 Å². The number of thiophene rings is 1. The van der Waals surface area contributed by atoms with Crippen LogP contribution in [0.15, 0.2) is 11.4 Å². The number of aromatic nitrogens is 2. The Morgan fingerprint density at radius 3 is 2.75 bits per heavy atom. The molecule has 0 aliphatic heterocycles. The molecular formula is C13H18N4O2S. The molecule has 2 heterocycles. The van der Waals surface area contributed by atoms with Crippen molar-refractivity contribution in [3.63, 3.8) is 0 Å². The lowest BCUT2D eigenvalue weighted by Gasteiger charge is -2.21. The molecule has 0 aliphatic rings. The number of nitrogens with zero attached hydrogens (tertiary/aromatic N) is 2. The standard InChI is InChI=1S/C13H18N4O2S/c1-7(2)9(12(18)19-4)15-10-8-5-6-20-11(8)17-13(14-3)16-10/h5-7,9H,1-4H3,(H2,14,15,16,17). The maximum atomic E-state index is 11.8. The number of carbonyl (C=O) groups is 1. The van der Waals surface area contributed by atoms with Crippen molar-refractivity contribution in [1.29, 1.82) is 0 Å². The number of hydrogen-bond acceptors (Lipinski definition) is 7. The van der Waals surface area contributed by atoms with Crippen LogP contribution in [0.5, 0.6) is 0 Å². The van der Waals surface area contributed by atoms with E-state index in [-0.39, 0.29) is 11.9 Å². The van der Waals surface area contributed by atoms with E-state index in [2.05, 4.69) is 20.6 Å². The van der Waals surface area contributed by atoms with Crippen LogP contribution >= 0.6 is 11.3 Å². The van der Waals surface area contributed by atoms with E-state index in [0.29, 0.717) is 11.8 Å². The predicted octanol–water partition coefficient (Wildman–Crippen LogP) is 2.34. The van der Waals surface area contributed by atoms with Gasteiger partial charge >= 0.3 is 5.97 Å². The Hall–Kier alpha value is -1.89. The number of hydrogen-bond donors (Lipinski definition) is 2. The molecule has 0 aliphatic carbocycles. The molecule has 0 amide bonds. The number of ether oxygens (including phenoxy) is 1. The minimum Gasteiger partial charge on any atom is -0.467 e. The summed E-state index contributed by atoms with van der Waals surface area (Å²) in [6.45, 7) is 3.92. The Morgan fingerprint density at radius 1 is 1.40 bits per heavy atom. The van der Waals surface area contributed by atoms with E-state index in [1.54, 1.807) is 7.05 Å². The second kappa shape index (κ2) is 6.04. The van der Waals surface area contributed by atoms with Crippen molar-refractivity contribution in [1.82, 2.24) is 9.97 Å². The van der Waals surface area contributed by atoms with Crippen LogP contribution in [0.3, 0.4) is 0 Å². The van der Waals surface area contributed by atoms with Crippen LogP contribution in [-0.2, 0) is 9.53 Å². The lowest BCUT2D eigenvalue weighted by atomic mass is 10.0. The van der Waals surface area contributed by atoms with Crippen molar-refractivity contribution in [2.45, 2.75) is 19.9 Å². The SMILES string of the molecule is CNc1nc(NC(C(=O)OC)C(C)C)c2ccsc2n1. The monoisotopic (exact) mass is 294 g/mol. The van der Waals surface area contributed by atoms with Crippen LogP contribution in [0.2, 0.25) is 0 Å². The topological polar surface area (TPSA) is 76.1 Å². The Labute approximate surface area is 121 Å². The number of methoxy groups -OCH3 is 1. The van der Waals surface area contributed by atoms with Crippen molar-refractivity contribution in [2.75, 3.05) is 24.8 Å². The van der Waals surface area contributed by atoms with Gasteiger partial charge in [-0.25, -0.2) is 9.78 Å². The summed E-state index contributed by atoms with van der Waals surface area (Å²) in [4.78, 5) is 21.5. The molecule has 1 atom stereocenters. The smallest absolute Gasteiger partial charge is 0.328 e. The molecule has 7 heteroatoms. The fourth-order valence-electron chi connectivity index (χ4n) is 1.85. The lowest BCUT2D eigenvalue weighted by Crippen LogP contribution is -2.35. The summed E-state index contributed by atoms with van der Waals surface area (Å²) >= 11 is 1.53. The Bertz CT molecular complexity index is 611. The molecule has 0 spiro atoms. The van der Waals surface area contributed by atoms with Gasteiger partial charge in [-0.15, -0.1) is 11.3 Å². The maximum absolute atomic E-state index is 11.8. The van der Waals surface area contributed by atoms with Gasteiger partial charge in [0.15, 0.2) is 0 Å². The van der Waals surface area contributed by atoms with E-state index >= 15 is 0 Å². The number of carbonyl (C=O) groups excluding carboxylic acids is 1. The molecule has 20 heavy (non-hydrogen) atoms. The molecule has 0 radical (unpaired) electrons. The van der Waals surface area contributed by atoms with Crippen molar-refractivity contribution < 1.29 is 9.53 Å². The van der Waals surface area contributed by atoms with Gasteiger partial charge in [-0.1, -0.05) is 13.8 Å². The third-order valence-electron chi connectivity index (χ3n) is 2.96. The minimum atomic E-state index is -0.442. The van der Waals surface area contributed by atoms with Crippen molar-refractivity contribution in [3.05, 3.63) is 11.4 Å². The first kappa shape index (κ1) is 14.5. The third kappa shape index (κ3) is 2.82. The van der Waals surface area contributed by atoms with Gasteiger partial charge in [-0.3, -0.25) is 0 Å². The highest BCUT2D eigenvalue weighted by atomic mass is 32.1. The number of fused-ring (bicyclic) bond motifs is 1. The summed E-state index contributed by atoms with van der Waals surface area (Å²) < 4.78 is 4.84. The quantitative estimate of drug-likeness (QED) is 0.824. The molecule has 2 aromatic heterocycles. The normalized spacial score (nSPS) is 12.4. The molecular weight excluding hydrogens is 276 g/mol. The first-order valence-corrected chi connectivity index (χ1v) is 7.22. The van der Waals surface area contributed by atoms with Crippen LogP contribution in [0.4, 0.5) is 11.8 Å². The summed E-state index contributed by atoms with van der Waals surface area (Å²) in [5.74, 6) is 0.955. The molecule has 108 valence electrons. The number of nitrogens with one attached hydrogen (secondary N) is 2. The highest BCUT2D eigenvalue weighted by Crippen LogP contribution is 2.27. The number of anilines is 2. The zero-order chi connectivity index (χ0) is 14.7. The van der Waals surface area contributed by atoms with E-state index in [1.807, 2.05) is 25.3 Å². The van der Waals surface area contributed by atoms with E-state index in [1.165, 1.54) is 18.4 Å². The molecule has 0 bridgehead atoms. The first-order chi connectivity index (χ1) is 9.56. The Morgan fingerprint density at radius 2 is 2.15 bits per heavy atom. The van der Waals surface area contributed by atoms with Crippen molar-refractivity contribution in [3.8, 4) is 0 Å². The van der Waals surface area contributed by atoms with Gasteiger partial charge in [0.25, 0.3) is 0 Å². The zero-order valence-electron chi connectivity index (χ0n) is 11.9. The molecule has 0 fully saturated rings. The fraction of sp³-hybridized carbons (Fsp3) is 0.462. The molecule has 0 aromatic carbocycles. The summed E-state index contributed by atoms with van der Waals surface area (Å²) in [5.41, 5.74) is 0. The van der Waals surface area contributed by atoms with E-state index < -0.39 is 6.04 Å². The van der Waals surface area contributed by atoms with Gasteiger partial charge in [-0.05, 0) is 17.4 Å². The van der Waals surface area contributed by atoms with Crippen LogP contribution in [0.1, 0.15) is 13.8 Å². The van der Waals surface area contributed by atoms with Crippen LogP contribution in [-0.4, -0.2) is 36.1 Å².